The maximum absolute atomic E-state index is 9.97. The third-order valence-electron chi connectivity index (χ3n) is 4.90. The van der Waals surface area contributed by atoms with Crippen molar-refractivity contribution < 1.29 is 14.6 Å². The Bertz CT molecular complexity index is 1190. The lowest BCUT2D eigenvalue weighted by Crippen LogP contribution is -2.33. The van der Waals surface area contributed by atoms with Crippen molar-refractivity contribution >= 4 is 5.57 Å². The van der Waals surface area contributed by atoms with Crippen molar-refractivity contribution in [1.29, 1.82) is 5.26 Å². The number of hydrogen-bond donors (Lipinski definition) is 2. The number of benzene rings is 2. The van der Waals surface area contributed by atoms with Gasteiger partial charge in [-0.3, -0.25) is 5.73 Å². The fraction of sp³-hybridized carbons (Fsp3) is 0.182. The molecule has 1 aliphatic rings. The van der Waals surface area contributed by atoms with E-state index < -0.39 is 6.23 Å². The number of ether oxygens (including phenoxy) is 2. The summed E-state index contributed by atoms with van der Waals surface area (Å²) >= 11 is 0. The number of hydrogen-bond acceptors (Lipinski definition) is 6. The van der Waals surface area contributed by atoms with Crippen molar-refractivity contribution in [3.63, 3.8) is 0 Å². The van der Waals surface area contributed by atoms with Crippen LogP contribution in [0.3, 0.4) is 0 Å². The van der Waals surface area contributed by atoms with Crippen molar-refractivity contribution in [2.24, 2.45) is 5.73 Å². The number of aromatic hydroxyl groups is 1. The van der Waals surface area contributed by atoms with Crippen LogP contribution in [0.4, 0.5) is 0 Å². The normalized spacial score (nSPS) is 15.5. The number of aryl methyl sites for hydroxylation is 2. The van der Waals surface area contributed by atoms with E-state index in [0.717, 1.165) is 11.3 Å². The minimum Gasteiger partial charge on any atom is -0.504 e. The molecule has 1 atom stereocenters. The zero-order chi connectivity index (χ0) is 20.7. The Morgan fingerprint density at radius 3 is 2.72 bits per heavy atom. The third kappa shape index (κ3) is 3.00. The highest BCUT2D eigenvalue weighted by atomic mass is 16.5. The maximum atomic E-state index is 9.97. The fourth-order valence-corrected chi connectivity index (χ4v) is 3.55. The predicted molar refractivity (Wildman–Crippen MR) is 108 cm³/mol. The number of phenols is 1. The van der Waals surface area contributed by atoms with Gasteiger partial charge in [-0.1, -0.05) is 18.2 Å². The summed E-state index contributed by atoms with van der Waals surface area (Å²) in [6.07, 6.45) is -0.943. The van der Waals surface area contributed by atoms with Crippen molar-refractivity contribution in [3.8, 4) is 29.1 Å². The molecule has 7 nitrogen and oxygen atoms in total. The number of methoxy groups -OCH3 is 1. The van der Waals surface area contributed by atoms with E-state index in [9.17, 15) is 10.4 Å². The highest BCUT2D eigenvalue weighted by Crippen LogP contribution is 2.43. The Morgan fingerprint density at radius 2 is 2.03 bits per heavy atom. The van der Waals surface area contributed by atoms with Gasteiger partial charge in [0.05, 0.1) is 29.6 Å². The van der Waals surface area contributed by atoms with Crippen LogP contribution in [0, 0.1) is 25.2 Å². The zero-order valence-electron chi connectivity index (χ0n) is 16.3. The minimum absolute atomic E-state index is 0.0131. The quantitative estimate of drug-likeness (QED) is 0.714. The van der Waals surface area contributed by atoms with E-state index in [1.165, 1.54) is 13.2 Å². The van der Waals surface area contributed by atoms with Crippen LogP contribution in [0.2, 0.25) is 0 Å². The standard InChI is InChI=1S/C22H20N4O3/c1-12-5-4-6-15(9-12)26-22-19(13(2)25-26)20(16(11-23)21(24)29-22)14-7-8-17(27)18(10-14)28-3/h4-10,21,27H,24H2,1-3H3. The van der Waals surface area contributed by atoms with Crippen molar-refractivity contribution in [2.45, 2.75) is 20.1 Å². The molecule has 0 saturated carbocycles. The van der Waals surface area contributed by atoms with E-state index in [-0.39, 0.29) is 11.3 Å². The highest BCUT2D eigenvalue weighted by Gasteiger charge is 2.33. The van der Waals surface area contributed by atoms with E-state index in [1.807, 2.05) is 38.1 Å². The largest absolute Gasteiger partial charge is 0.504 e. The van der Waals surface area contributed by atoms with E-state index in [4.69, 9.17) is 15.2 Å². The summed E-state index contributed by atoms with van der Waals surface area (Å²) in [7, 11) is 1.47. The number of aromatic nitrogens is 2. The van der Waals surface area contributed by atoms with Crippen molar-refractivity contribution in [3.05, 3.63) is 70.4 Å². The number of nitrogens with two attached hydrogens (primary N) is 1. The molecule has 0 radical (unpaired) electrons. The average Bonchev–Trinajstić information content (AvgIpc) is 3.03. The second-order valence-electron chi connectivity index (χ2n) is 6.84. The first-order valence-electron chi connectivity index (χ1n) is 9.05. The molecule has 146 valence electrons. The number of fused-ring (bicyclic) bond motifs is 1. The van der Waals surface area contributed by atoms with Crippen LogP contribution < -0.4 is 15.2 Å². The smallest absolute Gasteiger partial charge is 0.226 e. The van der Waals surface area contributed by atoms with Gasteiger partial charge in [0.1, 0.15) is 6.07 Å². The SMILES string of the molecule is COc1cc(C2=C(C#N)C(N)Oc3c2c(C)nn3-c2cccc(C)c2)ccc1O. The highest BCUT2D eigenvalue weighted by molar-refractivity contribution is 5.89. The molecule has 4 rings (SSSR count). The molecular formula is C22H20N4O3. The van der Waals surface area contributed by atoms with Gasteiger partial charge in [0, 0.05) is 5.57 Å². The topological polar surface area (TPSA) is 106 Å². The first-order valence-corrected chi connectivity index (χ1v) is 9.05. The molecule has 2 heterocycles. The lowest BCUT2D eigenvalue weighted by molar-refractivity contribution is 0.228. The van der Waals surface area contributed by atoms with E-state index in [0.29, 0.717) is 34.0 Å². The van der Waals surface area contributed by atoms with Gasteiger partial charge in [-0.25, -0.2) is 4.68 Å². The number of rotatable bonds is 3. The van der Waals surface area contributed by atoms with Gasteiger partial charge in [-0.15, -0.1) is 0 Å². The summed E-state index contributed by atoms with van der Waals surface area (Å²) in [5.41, 5.74) is 11.1. The lowest BCUT2D eigenvalue weighted by atomic mass is 9.91. The molecule has 0 amide bonds. The molecule has 0 spiro atoms. The molecule has 0 saturated heterocycles. The first kappa shape index (κ1) is 18.6. The Labute approximate surface area is 168 Å². The van der Waals surface area contributed by atoms with E-state index in [2.05, 4.69) is 11.2 Å². The van der Waals surface area contributed by atoms with E-state index in [1.54, 1.807) is 16.8 Å². The molecule has 1 aromatic heterocycles. The molecule has 0 bridgehead atoms. The molecule has 3 aromatic rings. The van der Waals surface area contributed by atoms with Crippen LogP contribution in [0.15, 0.2) is 48.0 Å². The molecular weight excluding hydrogens is 368 g/mol. The minimum atomic E-state index is -0.943. The zero-order valence-corrected chi connectivity index (χ0v) is 16.3. The van der Waals surface area contributed by atoms with E-state index >= 15 is 0 Å². The maximum Gasteiger partial charge on any atom is 0.226 e. The molecule has 29 heavy (non-hydrogen) atoms. The van der Waals surface area contributed by atoms with Gasteiger partial charge >= 0.3 is 0 Å². The van der Waals surface area contributed by atoms with Crippen LogP contribution >= 0.6 is 0 Å². The van der Waals surface area contributed by atoms with Gasteiger partial charge < -0.3 is 14.6 Å². The second kappa shape index (κ2) is 7.00. The summed E-state index contributed by atoms with van der Waals surface area (Å²) in [5.74, 6) is 0.790. The molecule has 2 aromatic carbocycles. The number of nitriles is 1. The van der Waals surface area contributed by atoms with Crippen LogP contribution in [0.5, 0.6) is 17.4 Å². The summed E-state index contributed by atoms with van der Waals surface area (Å²) < 4.78 is 12.9. The summed E-state index contributed by atoms with van der Waals surface area (Å²) in [6, 6.07) is 15.0. The summed E-state index contributed by atoms with van der Waals surface area (Å²) in [4.78, 5) is 0. The Morgan fingerprint density at radius 1 is 1.24 bits per heavy atom. The number of phenolic OH excluding ortho intramolecular Hbond substituents is 1. The molecule has 1 unspecified atom stereocenters. The fourth-order valence-electron chi connectivity index (χ4n) is 3.55. The van der Waals surface area contributed by atoms with Crippen molar-refractivity contribution in [2.75, 3.05) is 7.11 Å². The Hall–Kier alpha value is -3.76. The summed E-state index contributed by atoms with van der Waals surface area (Å²) in [5, 5.41) is 24.4. The van der Waals surface area contributed by atoms with Crippen LogP contribution in [0.1, 0.15) is 22.4 Å². The Balaban J connectivity index is 1.99. The van der Waals surface area contributed by atoms with Crippen molar-refractivity contribution in [1.82, 2.24) is 9.78 Å². The second-order valence-corrected chi connectivity index (χ2v) is 6.84. The molecule has 0 fully saturated rings. The van der Waals surface area contributed by atoms with Gasteiger partial charge in [-0.05, 0) is 49.2 Å². The monoisotopic (exact) mass is 388 g/mol. The molecule has 3 N–H and O–H groups in total. The molecule has 7 heteroatoms. The van der Waals surface area contributed by atoms with Gasteiger partial charge in [0.2, 0.25) is 5.88 Å². The Kier molecular flexibility index (Phi) is 4.49. The lowest BCUT2D eigenvalue weighted by Gasteiger charge is -2.25. The average molecular weight is 388 g/mol. The van der Waals surface area contributed by atoms with Crippen LogP contribution in [-0.4, -0.2) is 28.2 Å². The van der Waals surface area contributed by atoms with Gasteiger partial charge in [-0.2, -0.15) is 10.4 Å². The third-order valence-corrected chi connectivity index (χ3v) is 4.90. The predicted octanol–water partition coefficient (Wildman–Crippen LogP) is 3.21. The summed E-state index contributed by atoms with van der Waals surface area (Å²) in [6.45, 7) is 3.86. The van der Waals surface area contributed by atoms with Gasteiger partial charge in [0.15, 0.2) is 17.7 Å². The molecule has 0 aliphatic carbocycles. The van der Waals surface area contributed by atoms with Gasteiger partial charge in [0.25, 0.3) is 0 Å². The number of nitrogens with zero attached hydrogens (tertiary/aromatic N) is 3. The van der Waals surface area contributed by atoms with Crippen LogP contribution in [-0.2, 0) is 0 Å². The first-order chi connectivity index (χ1) is 13.9. The van der Waals surface area contributed by atoms with Crippen LogP contribution in [0.25, 0.3) is 11.3 Å². The molecule has 1 aliphatic heterocycles.